The predicted octanol–water partition coefficient (Wildman–Crippen LogP) is 1.33. The fraction of sp³-hybridized carbons (Fsp3) is 0.667. The zero-order chi connectivity index (χ0) is 15.5. The minimum Gasteiger partial charge on any atom is -0.486 e. The number of fused-ring (bicyclic) bond motifs is 1. The second-order valence-electron chi connectivity index (χ2n) is 6.76. The van der Waals surface area contributed by atoms with Gasteiger partial charge in [0.05, 0.1) is 0 Å². The van der Waals surface area contributed by atoms with E-state index in [1.54, 1.807) is 0 Å². The number of piperidine rings is 1. The lowest BCUT2D eigenvalue weighted by Gasteiger charge is -2.41. The van der Waals surface area contributed by atoms with Gasteiger partial charge in [-0.2, -0.15) is 0 Å². The van der Waals surface area contributed by atoms with E-state index in [4.69, 9.17) is 9.47 Å². The third kappa shape index (κ3) is 3.47. The standard InChI is InChI=1S/C18H27N3O2/c1-3-15(18-17(5-1)22-11-12-23-18)13-20-8-2-4-16(14-20)21-9-6-19-7-10-21/h1,3,5,16,19H,2,4,6-14H2. The van der Waals surface area contributed by atoms with Crippen LogP contribution in [0.15, 0.2) is 18.2 Å². The highest BCUT2D eigenvalue weighted by Crippen LogP contribution is 2.34. The van der Waals surface area contributed by atoms with Crippen LogP contribution in [0.2, 0.25) is 0 Å². The van der Waals surface area contributed by atoms with Crippen LogP contribution >= 0.6 is 0 Å². The number of piperazine rings is 1. The van der Waals surface area contributed by atoms with Gasteiger partial charge < -0.3 is 14.8 Å². The van der Waals surface area contributed by atoms with Gasteiger partial charge in [-0.05, 0) is 25.5 Å². The highest BCUT2D eigenvalue weighted by Gasteiger charge is 2.27. The molecule has 23 heavy (non-hydrogen) atoms. The molecule has 4 rings (SSSR count). The van der Waals surface area contributed by atoms with Crippen LogP contribution in [0, 0.1) is 0 Å². The number of likely N-dealkylation sites (tertiary alicyclic amines) is 1. The van der Waals surface area contributed by atoms with Crippen molar-refractivity contribution in [2.24, 2.45) is 0 Å². The monoisotopic (exact) mass is 317 g/mol. The molecule has 0 radical (unpaired) electrons. The van der Waals surface area contributed by atoms with Gasteiger partial charge in [0.2, 0.25) is 0 Å². The Kier molecular flexibility index (Phi) is 4.69. The van der Waals surface area contributed by atoms with E-state index in [0.717, 1.165) is 31.1 Å². The van der Waals surface area contributed by atoms with Crippen molar-refractivity contribution in [2.75, 3.05) is 52.5 Å². The normalized spacial score (nSPS) is 26.2. The molecule has 0 aliphatic carbocycles. The maximum Gasteiger partial charge on any atom is 0.165 e. The van der Waals surface area contributed by atoms with Crippen molar-refractivity contribution in [1.29, 1.82) is 0 Å². The molecule has 2 saturated heterocycles. The Morgan fingerprint density at radius 1 is 1.09 bits per heavy atom. The lowest BCUT2D eigenvalue weighted by atomic mass is 10.0. The van der Waals surface area contributed by atoms with Gasteiger partial charge >= 0.3 is 0 Å². The van der Waals surface area contributed by atoms with Crippen molar-refractivity contribution in [2.45, 2.75) is 25.4 Å². The Hall–Kier alpha value is -1.30. The first kappa shape index (κ1) is 15.2. The first-order valence-corrected chi connectivity index (χ1v) is 8.95. The Balaban J connectivity index is 1.42. The highest BCUT2D eigenvalue weighted by molar-refractivity contribution is 5.47. The molecule has 1 atom stereocenters. The van der Waals surface area contributed by atoms with E-state index >= 15 is 0 Å². The minimum absolute atomic E-state index is 0.658. The average Bonchev–Trinajstić information content (AvgIpc) is 2.63. The van der Waals surface area contributed by atoms with Gasteiger partial charge in [-0.1, -0.05) is 12.1 Å². The number of rotatable bonds is 3. The molecule has 2 fully saturated rings. The van der Waals surface area contributed by atoms with E-state index in [9.17, 15) is 0 Å². The maximum atomic E-state index is 5.87. The number of para-hydroxylation sites is 1. The molecular formula is C18H27N3O2. The zero-order valence-electron chi connectivity index (χ0n) is 13.8. The molecule has 1 unspecified atom stereocenters. The molecule has 5 nitrogen and oxygen atoms in total. The van der Waals surface area contributed by atoms with Gasteiger partial charge in [-0.3, -0.25) is 9.80 Å². The smallest absolute Gasteiger partial charge is 0.165 e. The summed E-state index contributed by atoms with van der Waals surface area (Å²) in [4.78, 5) is 5.26. The zero-order valence-corrected chi connectivity index (χ0v) is 13.8. The summed E-state index contributed by atoms with van der Waals surface area (Å²) in [6, 6.07) is 6.99. The molecule has 0 saturated carbocycles. The number of hydrogen-bond donors (Lipinski definition) is 1. The topological polar surface area (TPSA) is 37.0 Å². The van der Waals surface area contributed by atoms with Crippen LogP contribution in [-0.4, -0.2) is 68.3 Å². The van der Waals surface area contributed by atoms with Crippen LogP contribution in [0.1, 0.15) is 18.4 Å². The lowest BCUT2D eigenvalue weighted by molar-refractivity contribution is 0.0827. The molecule has 0 aromatic heterocycles. The second kappa shape index (κ2) is 7.07. The molecular weight excluding hydrogens is 290 g/mol. The number of benzene rings is 1. The Morgan fingerprint density at radius 3 is 2.87 bits per heavy atom. The SMILES string of the molecule is c1cc(CN2CCCC(N3CCNCC3)C2)c2c(c1)OCCO2. The summed E-state index contributed by atoms with van der Waals surface area (Å²) in [6.07, 6.45) is 2.63. The van der Waals surface area contributed by atoms with E-state index in [1.807, 2.05) is 6.07 Å². The summed E-state index contributed by atoms with van der Waals surface area (Å²) in [7, 11) is 0. The summed E-state index contributed by atoms with van der Waals surface area (Å²) in [5.41, 5.74) is 1.27. The molecule has 0 spiro atoms. The Labute approximate surface area is 138 Å². The predicted molar refractivity (Wildman–Crippen MR) is 90.2 cm³/mol. The summed E-state index contributed by atoms with van der Waals surface area (Å²) in [5, 5.41) is 3.45. The van der Waals surface area contributed by atoms with E-state index in [0.29, 0.717) is 19.3 Å². The van der Waals surface area contributed by atoms with Crippen LogP contribution in [0.5, 0.6) is 11.5 Å². The average molecular weight is 317 g/mol. The maximum absolute atomic E-state index is 5.87. The molecule has 3 heterocycles. The van der Waals surface area contributed by atoms with Gasteiger partial charge in [0, 0.05) is 50.9 Å². The van der Waals surface area contributed by atoms with Crippen LogP contribution in [-0.2, 0) is 6.54 Å². The lowest BCUT2D eigenvalue weighted by Crippen LogP contribution is -2.53. The summed E-state index contributed by atoms with van der Waals surface area (Å²) < 4.78 is 11.6. The van der Waals surface area contributed by atoms with Crippen molar-refractivity contribution in [3.05, 3.63) is 23.8 Å². The fourth-order valence-corrected chi connectivity index (χ4v) is 4.02. The van der Waals surface area contributed by atoms with Crippen LogP contribution in [0.3, 0.4) is 0 Å². The van der Waals surface area contributed by atoms with Crippen LogP contribution in [0.25, 0.3) is 0 Å². The Morgan fingerprint density at radius 2 is 1.96 bits per heavy atom. The molecule has 3 aliphatic rings. The molecule has 1 aromatic rings. The second-order valence-corrected chi connectivity index (χ2v) is 6.76. The Bertz CT molecular complexity index is 531. The van der Waals surface area contributed by atoms with Gasteiger partial charge in [-0.25, -0.2) is 0 Å². The van der Waals surface area contributed by atoms with Gasteiger partial charge in [0.15, 0.2) is 11.5 Å². The van der Waals surface area contributed by atoms with Crippen molar-refractivity contribution < 1.29 is 9.47 Å². The molecule has 5 heteroatoms. The summed E-state index contributed by atoms with van der Waals surface area (Å²) in [5.74, 6) is 1.87. The third-order valence-corrected chi connectivity index (χ3v) is 5.19. The number of nitrogens with one attached hydrogen (secondary N) is 1. The van der Waals surface area contributed by atoms with Crippen molar-refractivity contribution in [3.63, 3.8) is 0 Å². The molecule has 0 bridgehead atoms. The van der Waals surface area contributed by atoms with Crippen molar-refractivity contribution >= 4 is 0 Å². The van der Waals surface area contributed by atoms with Crippen molar-refractivity contribution in [3.8, 4) is 11.5 Å². The van der Waals surface area contributed by atoms with Gasteiger partial charge in [0.1, 0.15) is 13.2 Å². The van der Waals surface area contributed by atoms with Crippen molar-refractivity contribution in [1.82, 2.24) is 15.1 Å². The molecule has 1 N–H and O–H groups in total. The number of ether oxygens (including phenoxy) is 2. The first-order chi connectivity index (χ1) is 11.4. The van der Waals surface area contributed by atoms with E-state index in [-0.39, 0.29) is 0 Å². The largest absolute Gasteiger partial charge is 0.486 e. The quantitative estimate of drug-likeness (QED) is 0.910. The fourth-order valence-electron chi connectivity index (χ4n) is 4.02. The van der Waals surface area contributed by atoms with E-state index in [1.165, 1.54) is 44.6 Å². The summed E-state index contributed by atoms with van der Waals surface area (Å²) in [6.45, 7) is 9.29. The first-order valence-electron chi connectivity index (χ1n) is 8.95. The van der Waals surface area contributed by atoms with Crippen LogP contribution in [0.4, 0.5) is 0 Å². The number of hydrogen-bond acceptors (Lipinski definition) is 5. The van der Waals surface area contributed by atoms with Gasteiger partial charge in [-0.15, -0.1) is 0 Å². The molecule has 0 amide bonds. The van der Waals surface area contributed by atoms with Gasteiger partial charge in [0.25, 0.3) is 0 Å². The van der Waals surface area contributed by atoms with E-state index < -0.39 is 0 Å². The molecule has 3 aliphatic heterocycles. The number of nitrogens with zero attached hydrogens (tertiary/aromatic N) is 2. The molecule has 1 aromatic carbocycles. The van der Waals surface area contributed by atoms with E-state index in [2.05, 4.69) is 27.2 Å². The van der Waals surface area contributed by atoms with Crippen LogP contribution < -0.4 is 14.8 Å². The molecule has 126 valence electrons. The third-order valence-electron chi connectivity index (χ3n) is 5.19. The summed E-state index contributed by atoms with van der Waals surface area (Å²) >= 11 is 0. The minimum atomic E-state index is 0.658. The highest BCUT2D eigenvalue weighted by atomic mass is 16.6.